The van der Waals surface area contributed by atoms with Crippen molar-refractivity contribution in [1.82, 2.24) is 4.90 Å². The summed E-state index contributed by atoms with van der Waals surface area (Å²) < 4.78 is 5.44. The number of rotatable bonds is 4. The third-order valence-corrected chi connectivity index (χ3v) is 4.23. The van der Waals surface area contributed by atoms with Crippen molar-refractivity contribution in [2.24, 2.45) is 0 Å². The van der Waals surface area contributed by atoms with Crippen LogP contribution in [0.15, 0.2) is 53.0 Å². The fourth-order valence-electron chi connectivity index (χ4n) is 2.91. The highest BCUT2D eigenvalue weighted by Gasteiger charge is 2.22. The molecule has 0 unspecified atom stereocenters. The summed E-state index contributed by atoms with van der Waals surface area (Å²) in [6.45, 7) is 6.53. The number of nitrogens with one attached hydrogen (secondary N) is 1. The van der Waals surface area contributed by atoms with E-state index >= 15 is 0 Å². The molecule has 0 bridgehead atoms. The Bertz CT molecular complexity index is 668. The van der Waals surface area contributed by atoms with Gasteiger partial charge in [0, 0.05) is 11.6 Å². The molecule has 3 rings (SSSR count). The van der Waals surface area contributed by atoms with E-state index in [-0.39, 0.29) is 5.91 Å². The monoisotopic (exact) mass is 311 g/mol. The first-order chi connectivity index (χ1) is 11.2. The van der Waals surface area contributed by atoms with E-state index in [1.165, 1.54) is 10.5 Å². The second-order valence-electron chi connectivity index (χ2n) is 6.02. The Morgan fingerprint density at radius 3 is 2.57 bits per heavy atom. The molecule has 1 aliphatic rings. The molecule has 1 aromatic heterocycles. The number of benzene rings is 1. The summed E-state index contributed by atoms with van der Waals surface area (Å²) in [6, 6.07) is 14.3. The van der Waals surface area contributed by atoms with Crippen molar-refractivity contribution in [3.05, 3.63) is 65.6 Å². The Morgan fingerprint density at radius 2 is 1.91 bits per heavy atom. The molecule has 1 aliphatic heterocycles. The van der Waals surface area contributed by atoms with Crippen molar-refractivity contribution < 1.29 is 14.1 Å². The highest BCUT2D eigenvalue weighted by molar-refractivity contribution is 5.91. The molecular weight excluding hydrogens is 288 g/mol. The van der Waals surface area contributed by atoms with Crippen molar-refractivity contribution in [2.45, 2.75) is 13.5 Å². The predicted octanol–water partition coefficient (Wildman–Crippen LogP) is 1.53. The quantitative estimate of drug-likeness (QED) is 0.870. The summed E-state index contributed by atoms with van der Waals surface area (Å²) >= 11 is 0. The van der Waals surface area contributed by atoms with E-state index in [1.54, 1.807) is 12.2 Å². The summed E-state index contributed by atoms with van der Waals surface area (Å²) in [5, 5.41) is 0. The van der Waals surface area contributed by atoms with Gasteiger partial charge >= 0.3 is 0 Å². The van der Waals surface area contributed by atoms with Crippen LogP contribution in [0.25, 0.3) is 6.08 Å². The van der Waals surface area contributed by atoms with Gasteiger partial charge in [0.2, 0.25) is 5.91 Å². The number of nitrogens with zero attached hydrogens (tertiary/aromatic N) is 1. The van der Waals surface area contributed by atoms with Crippen LogP contribution in [0.2, 0.25) is 0 Å². The first-order valence-corrected chi connectivity index (χ1v) is 8.11. The van der Waals surface area contributed by atoms with Gasteiger partial charge in [0.1, 0.15) is 18.1 Å². The second-order valence-corrected chi connectivity index (χ2v) is 6.02. The van der Waals surface area contributed by atoms with Crippen molar-refractivity contribution in [3.63, 3.8) is 0 Å². The number of carbonyl (C=O) groups is 1. The fraction of sp³-hybridized carbons (Fsp3) is 0.316. The number of amides is 1. The van der Waals surface area contributed by atoms with Gasteiger partial charge in [0.05, 0.1) is 26.2 Å². The van der Waals surface area contributed by atoms with Gasteiger partial charge in [-0.3, -0.25) is 4.79 Å². The third kappa shape index (κ3) is 4.33. The first kappa shape index (κ1) is 15.6. The van der Waals surface area contributed by atoms with Crippen LogP contribution in [0.4, 0.5) is 0 Å². The molecule has 4 nitrogen and oxygen atoms in total. The molecule has 1 N–H and O–H groups in total. The Hall–Kier alpha value is -2.33. The Labute approximate surface area is 137 Å². The summed E-state index contributed by atoms with van der Waals surface area (Å²) in [6.07, 6.45) is 3.36. The second kappa shape index (κ2) is 7.29. The number of carbonyl (C=O) groups excluding carboxylic acids is 1. The Morgan fingerprint density at radius 1 is 1.17 bits per heavy atom. The molecule has 0 radical (unpaired) electrons. The van der Waals surface area contributed by atoms with Crippen LogP contribution in [0, 0.1) is 6.92 Å². The first-order valence-electron chi connectivity index (χ1n) is 8.11. The molecule has 1 amide bonds. The number of piperazine rings is 1. The number of hydrogen-bond acceptors (Lipinski definition) is 2. The summed E-state index contributed by atoms with van der Waals surface area (Å²) in [7, 11) is 0. The van der Waals surface area contributed by atoms with E-state index in [2.05, 4.69) is 24.3 Å². The number of hydrogen-bond donors (Lipinski definition) is 1. The smallest absolute Gasteiger partial charge is 0.247 e. The molecule has 0 spiro atoms. The number of quaternary nitrogens is 1. The van der Waals surface area contributed by atoms with Crippen molar-refractivity contribution >= 4 is 12.0 Å². The maximum Gasteiger partial charge on any atom is 0.247 e. The summed E-state index contributed by atoms with van der Waals surface area (Å²) in [5.74, 6) is 1.65. The molecule has 0 aliphatic carbocycles. The number of furan rings is 1. The average Bonchev–Trinajstić information content (AvgIpc) is 3.00. The van der Waals surface area contributed by atoms with Gasteiger partial charge in [0.15, 0.2) is 0 Å². The normalized spacial score (nSPS) is 16.1. The van der Waals surface area contributed by atoms with Gasteiger partial charge in [-0.15, -0.1) is 0 Å². The van der Waals surface area contributed by atoms with Crippen molar-refractivity contribution in [2.75, 3.05) is 26.2 Å². The lowest BCUT2D eigenvalue weighted by Gasteiger charge is -2.31. The van der Waals surface area contributed by atoms with E-state index in [4.69, 9.17) is 4.42 Å². The SMILES string of the molecule is Cc1ccc(/C=C/C(=O)N2CC[NH+](Cc3ccccc3)CC2)o1. The van der Waals surface area contributed by atoms with Crippen LogP contribution in [-0.4, -0.2) is 37.0 Å². The van der Waals surface area contributed by atoms with Crippen LogP contribution in [0.5, 0.6) is 0 Å². The minimum atomic E-state index is 0.0674. The molecule has 1 aromatic carbocycles. The van der Waals surface area contributed by atoms with Gasteiger partial charge in [0.25, 0.3) is 0 Å². The minimum absolute atomic E-state index is 0.0674. The maximum atomic E-state index is 12.2. The van der Waals surface area contributed by atoms with Crippen LogP contribution in [0.3, 0.4) is 0 Å². The van der Waals surface area contributed by atoms with Crippen LogP contribution < -0.4 is 4.90 Å². The standard InChI is InChI=1S/C19H22N2O2/c1-16-7-8-18(23-16)9-10-19(22)21-13-11-20(12-14-21)15-17-5-3-2-4-6-17/h2-10H,11-15H2,1H3/p+1/b10-9+. The lowest BCUT2D eigenvalue weighted by molar-refractivity contribution is -0.917. The topological polar surface area (TPSA) is 37.9 Å². The zero-order chi connectivity index (χ0) is 16.1. The minimum Gasteiger partial charge on any atom is -0.462 e. The van der Waals surface area contributed by atoms with Crippen molar-refractivity contribution in [1.29, 1.82) is 0 Å². The Balaban J connectivity index is 1.48. The molecule has 1 fully saturated rings. The van der Waals surface area contributed by atoms with Gasteiger partial charge in [-0.25, -0.2) is 0 Å². The molecule has 23 heavy (non-hydrogen) atoms. The van der Waals surface area contributed by atoms with Gasteiger partial charge in [-0.2, -0.15) is 0 Å². The summed E-state index contributed by atoms with van der Waals surface area (Å²) in [4.78, 5) is 15.7. The third-order valence-electron chi connectivity index (χ3n) is 4.23. The maximum absolute atomic E-state index is 12.2. The fourth-order valence-corrected chi connectivity index (χ4v) is 2.91. The lowest BCUT2D eigenvalue weighted by atomic mass is 10.2. The van der Waals surface area contributed by atoms with Gasteiger partial charge < -0.3 is 14.2 Å². The van der Waals surface area contributed by atoms with Crippen LogP contribution >= 0.6 is 0 Å². The van der Waals surface area contributed by atoms with Gasteiger partial charge in [-0.1, -0.05) is 30.3 Å². The van der Waals surface area contributed by atoms with E-state index in [1.807, 2.05) is 30.0 Å². The van der Waals surface area contributed by atoms with E-state index in [0.717, 1.165) is 44.2 Å². The molecule has 1 saturated heterocycles. The van der Waals surface area contributed by atoms with Crippen molar-refractivity contribution in [3.8, 4) is 0 Å². The molecule has 4 heteroatoms. The average molecular weight is 311 g/mol. The molecular formula is C19H23N2O2+. The molecule has 0 saturated carbocycles. The molecule has 2 aromatic rings. The molecule has 120 valence electrons. The van der Waals surface area contributed by atoms with E-state index in [9.17, 15) is 4.79 Å². The highest BCUT2D eigenvalue weighted by atomic mass is 16.3. The molecule has 0 atom stereocenters. The van der Waals surface area contributed by atoms with Gasteiger partial charge in [-0.05, 0) is 25.1 Å². The van der Waals surface area contributed by atoms with E-state index in [0.29, 0.717) is 0 Å². The summed E-state index contributed by atoms with van der Waals surface area (Å²) in [5.41, 5.74) is 1.36. The zero-order valence-corrected chi connectivity index (χ0v) is 13.5. The van der Waals surface area contributed by atoms with Crippen LogP contribution in [0.1, 0.15) is 17.1 Å². The largest absolute Gasteiger partial charge is 0.462 e. The lowest BCUT2D eigenvalue weighted by Crippen LogP contribution is -3.13. The predicted molar refractivity (Wildman–Crippen MR) is 89.9 cm³/mol. The Kier molecular flexibility index (Phi) is 4.93. The highest BCUT2D eigenvalue weighted by Crippen LogP contribution is 2.08. The zero-order valence-electron chi connectivity index (χ0n) is 13.5. The number of aryl methyl sites for hydroxylation is 1. The molecule has 2 heterocycles. The van der Waals surface area contributed by atoms with E-state index < -0.39 is 0 Å². The van der Waals surface area contributed by atoms with Crippen LogP contribution in [-0.2, 0) is 11.3 Å².